The first kappa shape index (κ1) is 20.6. The predicted molar refractivity (Wildman–Crippen MR) is 119 cm³/mol. The zero-order chi connectivity index (χ0) is 21.1. The number of amides is 1. The van der Waals surface area contributed by atoms with Crippen LogP contribution < -0.4 is 5.32 Å². The number of benzene rings is 3. The molecule has 1 fully saturated rings. The second-order valence-electron chi connectivity index (χ2n) is 7.68. The maximum atomic E-state index is 12.9. The van der Waals surface area contributed by atoms with Gasteiger partial charge in [0.15, 0.2) is 0 Å². The number of fused-ring (bicyclic) bond motifs is 1. The van der Waals surface area contributed by atoms with Crippen molar-refractivity contribution in [1.82, 2.24) is 9.62 Å². The van der Waals surface area contributed by atoms with E-state index in [4.69, 9.17) is 0 Å². The van der Waals surface area contributed by atoms with E-state index in [0.717, 1.165) is 22.8 Å². The zero-order valence-electron chi connectivity index (χ0n) is 17.0. The smallest absolute Gasteiger partial charge is 0.252 e. The van der Waals surface area contributed by atoms with Gasteiger partial charge in [-0.15, -0.1) is 0 Å². The van der Waals surface area contributed by atoms with Crippen LogP contribution in [0.5, 0.6) is 0 Å². The first-order valence-corrected chi connectivity index (χ1v) is 11.8. The summed E-state index contributed by atoms with van der Waals surface area (Å²) >= 11 is 0. The van der Waals surface area contributed by atoms with E-state index in [1.807, 2.05) is 61.5 Å². The first-order chi connectivity index (χ1) is 14.5. The Morgan fingerprint density at radius 3 is 2.33 bits per heavy atom. The minimum absolute atomic E-state index is 0.0367. The third-order valence-corrected chi connectivity index (χ3v) is 7.71. The highest BCUT2D eigenvalue weighted by Gasteiger charge is 2.30. The van der Waals surface area contributed by atoms with Crippen LogP contribution in [0.4, 0.5) is 0 Å². The molecule has 3 aromatic carbocycles. The molecule has 4 rings (SSSR count). The molecule has 5 nitrogen and oxygen atoms in total. The topological polar surface area (TPSA) is 66.5 Å². The molecule has 1 N–H and O–H groups in total. The molecule has 1 heterocycles. The number of carbonyl (C=O) groups excluding carboxylic acids is 1. The third kappa shape index (κ3) is 4.11. The van der Waals surface area contributed by atoms with Crippen LogP contribution in [-0.4, -0.2) is 37.8 Å². The molecule has 0 unspecified atom stereocenters. The number of sulfonamides is 1. The lowest BCUT2D eigenvalue weighted by molar-refractivity contribution is 0.0925. The summed E-state index contributed by atoms with van der Waals surface area (Å²) in [6.45, 7) is 2.84. The fraction of sp³-hybridized carbons (Fsp3) is 0.292. The molecule has 1 amide bonds. The number of nitrogens with one attached hydrogen (secondary N) is 1. The molecular formula is C24H26N2O3S. The molecule has 0 saturated carbocycles. The van der Waals surface area contributed by atoms with Gasteiger partial charge >= 0.3 is 0 Å². The Labute approximate surface area is 177 Å². The highest BCUT2D eigenvalue weighted by molar-refractivity contribution is 7.89. The van der Waals surface area contributed by atoms with Gasteiger partial charge in [-0.1, -0.05) is 55.5 Å². The summed E-state index contributed by atoms with van der Waals surface area (Å²) < 4.78 is 27.4. The van der Waals surface area contributed by atoms with Crippen LogP contribution in [0.2, 0.25) is 0 Å². The van der Waals surface area contributed by atoms with Crippen molar-refractivity contribution in [3.63, 3.8) is 0 Å². The molecule has 3 aromatic rings. The molecule has 0 radical (unpaired) electrons. The number of hydrogen-bond donors (Lipinski definition) is 1. The second-order valence-corrected chi connectivity index (χ2v) is 9.61. The van der Waals surface area contributed by atoms with E-state index in [1.54, 1.807) is 12.1 Å². The lowest BCUT2D eigenvalue weighted by Gasteiger charge is -2.31. The van der Waals surface area contributed by atoms with Crippen molar-refractivity contribution in [2.24, 2.45) is 0 Å². The molecule has 0 aromatic heterocycles. The van der Waals surface area contributed by atoms with Crippen molar-refractivity contribution < 1.29 is 13.2 Å². The maximum absolute atomic E-state index is 12.9. The van der Waals surface area contributed by atoms with E-state index < -0.39 is 10.0 Å². The monoisotopic (exact) mass is 422 g/mol. The molecular weight excluding hydrogens is 396 g/mol. The summed E-state index contributed by atoms with van der Waals surface area (Å²) in [7, 11) is -3.50. The van der Waals surface area contributed by atoms with Gasteiger partial charge in [-0.3, -0.25) is 4.79 Å². The molecule has 0 spiro atoms. The van der Waals surface area contributed by atoms with Gasteiger partial charge in [0.1, 0.15) is 0 Å². The lowest BCUT2D eigenvalue weighted by Crippen LogP contribution is -2.46. The van der Waals surface area contributed by atoms with Gasteiger partial charge in [-0.2, -0.15) is 4.31 Å². The van der Waals surface area contributed by atoms with Crippen LogP contribution in [0.3, 0.4) is 0 Å². The highest BCUT2D eigenvalue weighted by atomic mass is 32.2. The Morgan fingerprint density at radius 1 is 0.967 bits per heavy atom. The van der Waals surface area contributed by atoms with Crippen LogP contribution >= 0.6 is 0 Å². The van der Waals surface area contributed by atoms with Gasteiger partial charge in [0.25, 0.3) is 5.91 Å². The molecule has 0 aliphatic carbocycles. The second kappa shape index (κ2) is 8.58. The minimum atomic E-state index is -3.50. The number of nitrogens with zero attached hydrogens (tertiary/aromatic N) is 1. The van der Waals surface area contributed by atoms with Crippen LogP contribution in [0, 0.1) is 0 Å². The number of hydrogen-bond acceptors (Lipinski definition) is 3. The van der Waals surface area contributed by atoms with Crippen LogP contribution in [0.15, 0.2) is 71.6 Å². The van der Waals surface area contributed by atoms with E-state index in [0.29, 0.717) is 36.4 Å². The average Bonchev–Trinajstić information content (AvgIpc) is 2.79. The molecule has 1 aliphatic heterocycles. The molecule has 0 bridgehead atoms. The van der Waals surface area contributed by atoms with Crippen molar-refractivity contribution in [2.45, 2.75) is 37.1 Å². The van der Waals surface area contributed by atoms with Gasteiger partial charge in [-0.05, 0) is 53.8 Å². The molecule has 30 heavy (non-hydrogen) atoms. The van der Waals surface area contributed by atoms with E-state index in [9.17, 15) is 13.2 Å². The Balaban J connectivity index is 1.41. The maximum Gasteiger partial charge on any atom is 0.252 e. The van der Waals surface area contributed by atoms with E-state index in [-0.39, 0.29) is 11.9 Å². The molecule has 156 valence electrons. The summed E-state index contributed by atoms with van der Waals surface area (Å²) in [5.41, 5.74) is 1.77. The lowest BCUT2D eigenvalue weighted by atomic mass is 10.0. The van der Waals surface area contributed by atoms with E-state index in [2.05, 4.69) is 5.32 Å². The number of aryl methyl sites for hydroxylation is 1. The van der Waals surface area contributed by atoms with Gasteiger partial charge in [0, 0.05) is 24.7 Å². The van der Waals surface area contributed by atoms with Gasteiger partial charge in [0.2, 0.25) is 10.0 Å². The van der Waals surface area contributed by atoms with Crippen LogP contribution in [-0.2, 0) is 16.4 Å². The average molecular weight is 423 g/mol. The van der Waals surface area contributed by atoms with Crippen LogP contribution in [0.25, 0.3) is 10.8 Å². The van der Waals surface area contributed by atoms with Crippen LogP contribution in [0.1, 0.15) is 35.7 Å². The number of carbonyl (C=O) groups is 1. The summed E-state index contributed by atoms with van der Waals surface area (Å²) in [4.78, 5) is 13.2. The Morgan fingerprint density at radius 2 is 1.63 bits per heavy atom. The minimum Gasteiger partial charge on any atom is -0.349 e. The predicted octanol–water partition coefficient (Wildman–Crippen LogP) is 3.99. The Bertz CT molecular complexity index is 1140. The van der Waals surface area contributed by atoms with Gasteiger partial charge in [-0.25, -0.2) is 8.42 Å². The third-order valence-electron chi connectivity index (χ3n) is 5.79. The van der Waals surface area contributed by atoms with Crippen molar-refractivity contribution >= 4 is 26.7 Å². The van der Waals surface area contributed by atoms with Gasteiger partial charge in [0.05, 0.1) is 4.90 Å². The zero-order valence-corrected chi connectivity index (χ0v) is 17.9. The molecule has 0 atom stereocenters. The van der Waals surface area contributed by atoms with Crippen molar-refractivity contribution in [3.8, 4) is 0 Å². The molecule has 1 aliphatic rings. The molecule has 6 heteroatoms. The van der Waals surface area contributed by atoms with Crippen molar-refractivity contribution in [3.05, 3.63) is 77.9 Å². The summed E-state index contributed by atoms with van der Waals surface area (Å²) in [5.74, 6) is -0.108. The largest absolute Gasteiger partial charge is 0.349 e. The SMILES string of the molecule is CCc1ccc(S(=O)(=O)N2CCC(NC(=O)c3cccc4ccccc34)CC2)cc1. The summed E-state index contributed by atoms with van der Waals surface area (Å²) in [6.07, 6.45) is 2.08. The molecule has 1 saturated heterocycles. The van der Waals surface area contributed by atoms with E-state index in [1.165, 1.54) is 4.31 Å². The normalized spacial score (nSPS) is 15.9. The highest BCUT2D eigenvalue weighted by Crippen LogP contribution is 2.23. The summed E-state index contributed by atoms with van der Waals surface area (Å²) in [6, 6.07) is 20.6. The standard InChI is InChI=1S/C24H26N2O3S/c1-2-18-10-12-21(13-11-18)30(28,29)26-16-14-20(15-17-26)25-24(27)23-9-5-7-19-6-3-4-8-22(19)23/h3-13,20H,2,14-17H2,1H3,(H,25,27). The fourth-order valence-electron chi connectivity index (χ4n) is 3.97. The van der Waals surface area contributed by atoms with E-state index >= 15 is 0 Å². The van der Waals surface area contributed by atoms with Crippen molar-refractivity contribution in [2.75, 3.05) is 13.1 Å². The first-order valence-electron chi connectivity index (χ1n) is 10.4. The quantitative estimate of drug-likeness (QED) is 0.676. The Kier molecular flexibility index (Phi) is 5.88. The van der Waals surface area contributed by atoms with Gasteiger partial charge < -0.3 is 5.32 Å². The fourth-order valence-corrected chi connectivity index (χ4v) is 5.44. The Hall–Kier alpha value is -2.70. The van der Waals surface area contributed by atoms with Crippen molar-refractivity contribution in [1.29, 1.82) is 0 Å². The number of rotatable bonds is 5. The number of piperidine rings is 1. The summed E-state index contributed by atoms with van der Waals surface area (Å²) in [5, 5.41) is 5.05.